The molecular weight excluding hydrogens is 466 g/mol. The molecule has 0 radical (unpaired) electrons. The molecule has 0 bridgehead atoms. The summed E-state index contributed by atoms with van der Waals surface area (Å²) in [5.41, 5.74) is 1.98. The monoisotopic (exact) mass is 490 g/mol. The minimum Gasteiger partial charge on any atom is -0.543 e. The molecule has 9 heteroatoms. The van der Waals surface area contributed by atoms with Crippen LogP contribution in [-0.4, -0.2) is 28.8 Å². The van der Waals surface area contributed by atoms with Crippen LogP contribution in [0, 0.1) is 12.7 Å². The Morgan fingerprint density at radius 2 is 1.81 bits per heavy atom. The average molecular weight is 491 g/mol. The van der Waals surface area contributed by atoms with Crippen LogP contribution in [0.5, 0.6) is 5.75 Å². The highest BCUT2D eigenvalue weighted by Crippen LogP contribution is 2.39. The lowest BCUT2D eigenvalue weighted by Crippen LogP contribution is -2.43. The van der Waals surface area contributed by atoms with Gasteiger partial charge in [-0.2, -0.15) is 0 Å². The van der Waals surface area contributed by atoms with Gasteiger partial charge in [-0.3, -0.25) is 9.56 Å². The van der Waals surface area contributed by atoms with E-state index in [1.807, 2.05) is 17.6 Å². The van der Waals surface area contributed by atoms with Gasteiger partial charge in [0.15, 0.2) is 5.82 Å². The first-order chi connectivity index (χ1) is 14.9. The van der Waals surface area contributed by atoms with Gasteiger partial charge in [0, 0.05) is 11.1 Å². The van der Waals surface area contributed by atoms with Gasteiger partial charge in [-0.25, -0.2) is 4.39 Å². The van der Waals surface area contributed by atoms with Gasteiger partial charge in [0.25, 0.3) is 0 Å². The van der Waals surface area contributed by atoms with Crippen LogP contribution in [0.4, 0.5) is 4.39 Å². The number of aromatic nitrogens is 3. The molecule has 0 amide bonds. The second-order valence-electron chi connectivity index (χ2n) is 9.42. The van der Waals surface area contributed by atoms with E-state index < -0.39 is 14.1 Å². The van der Waals surface area contributed by atoms with Crippen molar-refractivity contribution in [3.8, 4) is 11.4 Å². The number of benzene rings is 2. The molecule has 0 N–H and O–H groups in total. The van der Waals surface area contributed by atoms with Crippen LogP contribution in [0.25, 0.3) is 5.69 Å². The first-order valence-corrected chi connectivity index (χ1v) is 14.0. The van der Waals surface area contributed by atoms with Crippen molar-refractivity contribution in [3.63, 3.8) is 0 Å². The van der Waals surface area contributed by atoms with E-state index in [1.165, 1.54) is 6.07 Å². The highest BCUT2D eigenvalue weighted by atomic mass is 35.5. The molecule has 5 nitrogen and oxygen atoms in total. The highest BCUT2D eigenvalue weighted by molar-refractivity contribution is 6.74. The van der Waals surface area contributed by atoms with Crippen molar-refractivity contribution in [1.82, 2.24) is 14.8 Å². The van der Waals surface area contributed by atoms with Crippen LogP contribution in [0.3, 0.4) is 0 Å². The molecule has 1 aliphatic heterocycles. The van der Waals surface area contributed by atoms with Gasteiger partial charge in [0.05, 0.1) is 21.4 Å². The summed E-state index contributed by atoms with van der Waals surface area (Å²) < 4.78 is 23.5. The second-order valence-corrected chi connectivity index (χ2v) is 14.9. The Morgan fingerprint density at radius 1 is 1.09 bits per heavy atom. The summed E-state index contributed by atoms with van der Waals surface area (Å²) in [5.74, 6) is 1.52. The van der Waals surface area contributed by atoms with E-state index in [1.54, 1.807) is 18.2 Å². The van der Waals surface area contributed by atoms with E-state index in [-0.39, 0.29) is 11.6 Å². The standard InChI is InChI=1S/C23H25Cl2FN4OSi/c1-13-28-29-19-12-27-22(20-18(30(13)19)10-8-16(24)21(20)25)15-11-14(7-9-17(15)26)31-32(5,6)23(2,3)4/h7-11H,12H2,1-6H3. The molecule has 2 aromatic carbocycles. The zero-order valence-electron chi connectivity index (χ0n) is 18.9. The maximum Gasteiger partial charge on any atom is 0.250 e. The summed E-state index contributed by atoms with van der Waals surface area (Å²) in [6, 6.07) is 8.32. The number of aryl methyl sites for hydroxylation is 1. The largest absolute Gasteiger partial charge is 0.543 e. The maximum atomic E-state index is 15.2. The summed E-state index contributed by atoms with van der Waals surface area (Å²) in [5, 5.41) is 9.06. The van der Waals surface area contributed by atoms with Gasteiger partial charge in [0.1, 0.15) is 23.9 Å². The molecule has 32 heavy (non-hydrogen) atoms. The Labute approximate surface area is 198 Å². The highest BCUT2D eigenvalue weighted by Gasteiger charge is 2.39. The van der Waals surface area contributed by atoms with E-state index in [0.717, 1.165) is 0 Å². The predicted molar refractivity (Wildman–Crippen MR) is 130 cm³/mol. The summed E-state index contributed by atoms with van der Waals surface area (Å²) in [6.45, 7) is 12.9. The van der Waals surface area contributed by atoms with Crippen LogP contribution in [0.1, 0.15) is 43.5 Å². The van der Waals surface area contributed by atoms with E-state index in [2.05, 4.69) is 44.1 Å². The molecule has 2 heterocycles. The fourth-order valence-electron chi connectivity index (χ4n) is 3.42. The number of nitrogens with zero attached hydrogens (tertiary/aromatic N) is 4. The van der Waals surface area contributed by atoms with E-state index in [0.29, 0.717) is 50.0 Å². The SMILES string of the molecule is Cc1nnc2n1-c1ccc(Cl)c(Cl)c1C(c1cc(O[Si](C)(C)C(C)(C)C)ccc1F)=NC2. The fourth-order valence-corrected chi connectivity index (χ4v) is 4.85. The number of hydrogen-bond acceptors (Lipinski definition) is 4. The van der Waals surface area contributed by atoms with E-state index in [4.69, 9.17) is 32.6 Å². The third-order valence-electron chi connectivity index (χ3n) is 6.19. The van der Waals surface area contributed by atoms with Gasteiger partial charge in [-0.15, -0.1) is 10.2 Å². The summed E-state index contributed by atoms with van der Waals surface area (Å²) in [7, 11) is -2.12. The molecule has 1 aliphatic rings. The van der Waals surface area contributed by atoms with Gasteiger partial charge < -0.3 is 4.43 Å². The van der Waals surface area contributed by atoms with Crippen molar-refractivity contribution in [2.24, 2.45) is 4.99 Å². The Bertz CT molecular complexity index is 1250. The molecule has 0 spiro atoms. The van der Waals surface area contributed by atoms with Gasteiger partial charge >= 0.3 is 0 Å². The molecule has 4 rings (SSSR count). The number of rotatable bonds is 3. The van der Waals surface area contributed by atoms with Crippen LogP contribution >= 0.6 is 23.2 Å². The molecule has 168 valence electrons. The second kappa shape index (κ2) is 7.97. The van der Waals surface area contributed by atoms with Crippen molar-refractivity contribution in [2.45, 2.75) is 52.4 Å². The molecule has 0 aliphatic carbocycles. The zero-order valence-corrected chi connectivity index (χ0v) is 21.4. The minimum absolute atomic E-state index is 0.00451. The van der Waals surface area contributed by atoms with E-state index >= 15 is 4.39 Å². The molecule has 0 saturated heterocycles. The Morgan fingerprint density at radius 3 is 2.50 bits per heavy atom. The first kappa shape index (κ1) is 23.0. The summed E-state index contributed by atoms with van der Waals surface area (Å²) in [6.07, 6.45) is 0. The number of aliphatic imine (C=N–C) groups is 1. The number of hydrogen-bond donors (Lipinski definition) is 0. The van der Waals surface area contributed by atoms with Crippen molar-refractivity contribution < 1.29 is 8.82 Å². The predicted octanol–water partition coefficient (Wildman–Crippen LogP) is 6.76. The minimum atomic E-state index is -2.12. The van der Waals surface area contributed by atoms with Crippen LogP contribution in [0.2, 0.25) is 28.2 Å². The maximum absolute atomic E-state index is 15.2. The molecule has 0 saturated carbocycles. The van der Waals surface area contributed by atoms with Crippen molar-refractivity contribution >= 4 is 37.2 Å². The Hall–Kier alpha value is -2.22. The van der Waals surface area contributed by atoms with Crippen LogP contribution < -0.4 is 4.43 Å². The van der Waals surface area contributed by atoms with Crippen LogP contribution in [-0.2, 0) is 6.54 Å². The Balaban J connectivity index is 1.90. The topological polar surface area (TPSA) is 52.3 Å². The average Bonchev–Trinajstić information content (AvgIpc) is 2.97. The molecule has 0 unspecified atom stereocenters. The van der Waals surface area contributed by atoms with Gasteiger partial charge in [-0.05, 0) is 55.4 Å². The molecule has 0 fully saturated rings. The first-order valence-electron chi connectivity index (χ1n) is 10.3. The third kappa shape index (κ3) is 3.87. The summed E-state index contributed by atoms with van der Waals surface area (Å²) in [4.78, 5) is 4.70. The number of fused-ring (bicyclic) bond motifs is 3. The lowest BCUT2D eigenvalue weighted by atomic mass is 9.99. The van der Waals surface area contributed by atoms with Gasteiger partial charge in [-0.1, -0.05) is 44.0 Å². The zero-order chi connectivity index (χ0) is 23.4. The third-order valence-corrected chi connectivity index (χ3v) is 11.4. The molecule has 3 aromatic rings. The molecule has 0 atom stereocenters. The molecular formula is C23H25Cl2FN4OSi. The van der Waals surface area contributed by atoms with Gasteiger partial charge in [0.2, 0.25) is 8.32 Å². The lowest BCUT2D eigenvalue weighted by molar-refractivity contribution is 0.490. The lowest BCUT2D eigenvalue weighted by Gasteiger charge is -2.36. The van der Waals surface area contributed by atoms with Crippen molar-refractivity contribution in [3.05, 3.63) is 69.0 Å². The van der Waals surface area contributed by atoms with E-state index in [9.17, 15) is 0 Å². The van der Waals surface area contributed by atoms with Crippen molar-refractivity contribution in [1.29, 1.82) is 0 Å². The molecule has 1 aromatic heterocycles. The summed E-state index contributed by atoms with van der Waals surface area (Å²) >= 11 is 13.0. The normalized spacial score (nSPS) is 13.8. The quantitative estimate of drug-likeness (QED) is 0.381. The Kier molecular flexibility index (Phi) is 5.72. The van der Waals surface area contributed by atoms with Crippen molar-refractivity contribution in [2.75, 3.05) is 0 Å². The smallest absolute Gasteiger partial charge is 0.250 e. The van der Waals surface area contributed by atoms with Crippen LogP contribution in [0.15, 0.2) is 35.3 Å². The fraction of sp³-hybridized carbons (Fsp3) is 0.348. The number of halogens is 3.